The Morgan fingerprint density at radius 1 is 1.33 bits per heavy atom. The van der Waals surface area contributed by atoms with E-state index in [1.165, 1.54) is 5.56 Å². The Kier molecular flexibility index (Phi) is 7.11. The van der Waals surface area contributed by atoms with Crippen LogP contribution < -0.4 is 10.5 Å². The lowest BCUT2D eigenvalue weighted by molar-refractivity contribution is 0.309. The summed E-state index contributed by atoms with van der Waals surface area (Å²) in [4.78, 5) is 0. The minimum absolute atomic E-state index is 0.286. The molecule has 0 bridgehead atoms. The molecule has 0 radical (unpaired) electrons. The summed E-state index contributed by atoms with van der Waals surface area (Å²) in [7, 11) is 0. The summed E-state index contributed by atoms with van der Waals surface area (Å²) in [5.74, 6) is 0.896. The molecule has 0 aliphatic heterocycles. The van der Waals surface area contributed by atoms with Crippen molar-refractivity contribution in [2.24, 2.45) is 5.73 Å². The molecule has 0 atom stereocenters. The molecule has 3 heteroatoms. The van der Waals surface area contributed by atoms with Crippen molar-refractivity contribution in [1.29, 1.82) is 0 Å². The maximum atomic E-state index is 12.3. The van der Waals surface area contributed by atoms with E-state index in [0.29, 0.717) is 18.3 Å². The number of hydrogen-bond acceptors (Lipinski definition) is 2. The van der Waals surface area contributed by atoms with Crippen LogP contribution in [0.4, 0.5) is 4.39 Å². The van der Waals surface area contributed by atoms with E-state index in [4.69, 9.17) is 10.5 Å². The molecule has 0 unspecified atom stereocenters. The highest BCUT2D eigenvalue weighted by molar-refractivity contribution is 5.27. The van der Waals surface area contributed by atoms with E-state index in [1.807, 2.05) is 24.3 Å². The smallest absolute Gasteiger partial charge is 0.119 e. The Hall–Kier alpha value is -1.35. The van der Waals surface area contributed by atoms with Crippen LogP contribution in [0.15, 0.2) is 36.2 Å². The lowest BCUT2D eigenvalue weighted by Crippen LogP contribution is -2.03. The first-order chi connectivity index (χ1) is 8.80. The molecular weight excluding hydrogens is 229 g/mol. The number of ether oxygens (including phenoxy) is 1. The molecule has 1 rings (SSSR count). The van der Waals surface area contributed by atoms with Gasteiger partial charge in [0.15, 0.2) is 0 Å². The summed E-state index contributed by atoms with van der Waals surface area (Å²) in [6.07, 6.45) is 4.30. The van der Waals surface area contributed by atoms with E-state index in [1.54, 1.807) is 0 Å². The van der Waals surface area contributed by atoms with Gasteiger partial charge >= 0.3 is 0 Å². The molecule has 1 aromatic rings. The molecule has 0 fully saturated rings. The molecule has 0 aliphatic rings. The molecule has 100 valence electrons. The first kappa shape index (κ1) is 14.7. The van der Waals surface area contributed by atoms with Crippen molar-refractivity contribution in [3.05, 3.63) is 41.7 Å². The van der Waals surface area contributed by atoms with Crippen molar-refractivity contribution in [3.8, 4) is 5.75 Å². The molecule has 2 nitrogen and oxygen atoms in total. The maximum absolute atomic E-state index is 12.3. The van der Waals surface area contributed by atoms with Gasteiger partial charge in [-0.15, -0.1) is 0 Å². The number of rotatable bonds is 8. The molecule has 18 heavy (non-hydrogen) atoms. The van der Waals surface area contributed by atoms with Gasteiger partial charge in [-0.3, -0.25) is 0 Å². The standard InChI is InChI=1S/C15H22FNO/c1-2-3-10-18-15-8-6-13(7-9-15)4-5-14(11-16)12-17/h6-9,11H,2-5,10,12,17H2,1H3. The van der Waals surface area contributed by atoms with Crippen LogP contribution in [0.25, 0.3) is 0 Å². The predicted octanol–water partition coefficient (Wildman–Crippen LogP) is 3.61. The fourth-order valence-corrected chi connectivity index (χ4v) is 1.59. The quantitative estimate of drug-likeness (QED) is 0.716. The van der Waals surface area contributed by atoms with Crippen molar-refractivity contribution in [3.63, 3.8) is 0 Å². The zero-order chi connectivity index (χ0) is 13.2. The molecular formula is C15H22FNO. The number of hydrogen-bond donors (Lipinski definition) is 1. The monoisotopic (exact) mass is 251 g/mol. The normalized spacial score (nSPS) is 11.6. The second kappa shape index (κ2) is 8.70. The summed E-state index contributed by atoms with van der Waals surface area (Å²) < 4.78 is 17.9. The van der Waals surface area contributed by atoms with E-state index in [-0.39, 0.29) is 6.54 Å². The van der Waals surface area contributed by atoms with Gasteiger partial charge in [-0.1, -0.05) is 25.5 Å². The number of halogens is 1. The van der Waals surface area contributed by atoms with Gasteiger partial charge in [0.1, 0.15) is 5.75 Å². The van der Waals surface area contributed by atoms with E-state index in [0.717, 1.165) is 31.6 Å². The van der Waals surface area contributed by atoms with E-state index in [2.05, 4.69) is 6.92 Å². The highest BCUT2D eigenvalue weighted by Crippen LogP contribution is 2.15. The van der Waals surface area contributed by atoms with Crippen molar-refractivity contribution in [2.75, 3.05) is 13.2 Å². The van der Waals surface area contributed by atoms with Crippen molar-refractivity contribution in [2.45, 2.75) is 32.6 Å². The number of unbranched alkanes of at least 4 members (excludes halogenated alkanes) is 1. The van der Waals surface area contributed by atoms with Crippen molar-refractivity contribution >= 4 is 0 Å². The van der Waals surface area contributed by atoms with Crippen molar-refractivity contribution in [1.82, 2.24) is 0 Å². The zero-order valence-electron chi connectivity index (χ0n) is 11.0. The molecule has 0 spiro atoms. The van der Waals surface area contributed by atoms with Crippen LogP contribution in [0.1, 0.15) is 31.7 Å². The van der Waals surface area contributed by atoms with Gasteiger partial charge in [0.05, 0.1) is 12.9 Å². The molecule has 1 aromatic carbocycles. The summed E-state index contributed by atoms with van der Waals surface area (Å²) in [5, 5.41) is 0. The van der Waals surface area contributed by atoms with E-state index in [9.17, 15) is 4.39 Å². The van der Waals surface area contributed by atoms with Crippen LogP contribution in [0.5, 0.6) is 5.75 Å². The summed E-state index contributed by atoms with van der Waals surface area (Å²) in [6, 6.07) is 7.97. The summed E-state index contributed by atoms with van der Waals surface area (Å²) in [6.45, 7) is 3.19. The molecule has 0 saturated carbocycles. The van der Waals surface area contributed by atoms with Gasteiger partial charge in [-0.05, 0) is 42.5 Å². The van der Waals surface area contributed by atoms with Gasteiger partial charge < -0.3 is 10.5 Å². The molecule has 0 saturated heterocycles. The van der Waals surface area contributed by atoms with Crippen molar-refractivity contribution < 1.29 is 9.13 Å². The fraction of sp³-hybridized carbons (Fsp3) is 0.467. The van der Waals surface area contributed by atoms with Crippen LogP contribution in [0.3, 0.4) is 0 Å². The van der Waals surface area contributed by atoms with Gasteiger partial charge in [-0.2, -0.15) is 0 Å². The van der Waals surface area contributed by atoms with Gasteiger partial charge in [-0.25, -0.2) is 4.39 Å². The Labute approximate surface area is 109 Å². The number of nitrogens with two attached hydrogens (primary N) is 1. The van der Waals surface area contributed by atoms with Gasteiger partial charge in [0, 0.05) is 6.54 Å². The third-order valence-corrected chi connectivity index (χ3v) is 2.84. The van der Waals surface area contributed by atoms with E-state index < -0.39 is 0 Å². The van der Waals surface area contributed by atoms with E-state index >= 15 is 0 Å². The molecule has 0 aromatic heterocycles. The minimum atomic E-state index is 0.286. The molecule has 0 heterocycles. The lowest BCUT2D eigenvalue weighted by Gasteiger charge is -2.07. The molecule has 2 N–H and O–H groups in total. The van der Waals surface area contributed by atoms with Crippen LogP contribution in [-0.2, 0) is 6.42 Å². The summed E-state index contributed by atoms with van der Waals surface area (Å²) >= 11 is 0. The molecule has 0 amide bonds. The second-order valence-electron chi connectivity index (χ2n) is 4.32. The maximum Gasteiger partial charge on any atom is 0.119 e. The zero-order valence-corrected chi connectivity index (χ0v) is 11.0. The number of benzene rings is 1. The van der Waals surface area contributed by atoms with Crippen LogP contribution >= 0.6 is 0 Å². The second-order valence-corrected chi connectivity index (χ2v) is 4.32. The average Bonchev–Trinajstić information content (AvgIpc) is 2.42. The molecule has 0 aliphatic carbocycles. The average molecular weight is 251 g/mol. The third kappa shape index (κ3) is 5.32. The van der Waals surface area contributed by atoms with Crippen LogP contribution in [-0.4, -0.2) is 13.2 Å². The van der Waals surface area contributed by atoms with Crippen LogP contribution in [0.2, 0.25) is 0 Å². The Morgan fingerprint density at radius 3 is 2.61 bits per heavy atom. The van der Waals surface area contributed by atoms with Gasteiger partial charge in [0.2, 0.25) is 0 Å². The lowest BCUT2D eigenvalue weighted by atomic mass is 10.1. The first-order valence-electron chi connectivity index (χ1n) is 6.50. The topological polar surface area (TPSA) is 35.2 Å². The third-order valence-electron chi connectivity index (χ3n) is 2.84. The first-order valence-corrected chi connectivity index (χ1v) is 6.50. The fourth-order valence-electron chi connectivity index (χ4n) is 1.59. The van der Waals surface area contributed by atoms with Gasteiger partial charge in [0.25, 0.3) is 0 Å². The Bertz CT molecular complexity index is 359. The minimum Gasteiger partial charge on any atom is -0.494 e. The Balaban J connectivity index is 2.40. The Morgan fingerprint density at radius 2 is 2.06 bits per heavy atom. The summed E-state index contributed by atoms with van der Waals surface area (Å²) in [5.41, 5.74) is 7.23. The van der Waals surface area contributed by atoms with Crippen LogP contribution in [0, 0.1) is 0 Å². The largest absolute Gasteiger partial charge is 0.494 e. The highest BCUT2D eigenvalue weighted by Gasteiger charge is 1.99. The highest BCUT2D eigenvalue weighted by atomic mass is 19.1. The SMILES string of the molecule is CCCCOc1ccc(CCC(=CF)CN)cc1. The number of aryl methyl sites for hydroxylation is 1. The predicted molar refractivity (Wildman–Crippen MR) is 73.4 cm³/mol.